The van der Waals surface area contributed by atoms with E-state index in [0.29, 0.717) is 11.4 Å². The largest absolute Gasteiger partial charge is 0.280 e. The van der Waals surface area contributed by atoms with Gasteiger partial charge in [0.2, 0.25) is 0 Å². The number of halogens is 1. The summed E-state index contributed by atoms with van der Waals surface area (Å²) in [4.78, 5) is 0.872. The molecule has 0 atom stereocenters. The molecule has 0 saturated heterocycles. The highest BCUT2D eigenvalue weighted by Gasteiger charge is 2.25. The minimum absolute atomic E-state index is 0.0264. The number of benzene rings is 1. The molecule has 0 radical (unpaired) electrons. The van der Waals surface area contributed by atoms with Gasteiger partial charge in [-0.2, -0.15) is 5.10 Å². The minimum Gasteiger partial charge on any atom is -0.280 e. The molecule has 0 aliphatic heterocycles. The Bertz CT molecular complexity index is 930. The fourth-order valence-electron chi connectivity index (χ4n) is 2.15. The average Bonchev–Trinajstić information content (AvgIpc) is 3.18. The lowest BCUT2D eigenvalue weighted by Gasteiger charge is -2.07. The van der Waals surface area contributed by atoms with Gasteiger partial charge in [0.25, 0.3) is 10.0 Å². The molecule has 3 rings (SSSR count). The van der Waals surface area contributed by atoms with Crippen molar-refractivity contribution in [1.82, 2.24) is 9.78 Å². The molecule has 0 fully saturated rings. The summed E-state index contributed by atoms with van der Waals surface area (Å²) in [5, 5.41) is 6.29. The molecule has 8 heteroatoms. The third-order valence-corrected chi connectivity index (χ3v) is 5.63. The van der Waals surface area contributed by atoms with Crippen molar-refractivity contribution in [3.05, 3.63) is 53.8 Å². The Morgan fingerprint density at radius 3 is 2.50 bits per heavy atom. The van der Waals surface area contributed by atoms with E-state index in [1.54, 1.807) is 4.68 Å². The van der Waals surface area contributed by atoms with E-state index >= 15 is 0 Å². The maximum Gasteiger partial charge on any atom is 0.265 e. The van der Waals surface area contributed by atoms with Gasteiger partial charge in [0, 0.05) is 17.9 Å². The molecule has 5 nitrogen and oxygen atoms in total. The van der Waals surface area contributed by atoms with Gasteiger partial charge in [-0.25, -0.2) is 12.8 Å². The van der Waals surface area contributed by atoms with E-state index < -0.39 is 15.8 Å². The van der Waals surface area contributed by atoms with Crippen LogP contribution in [0.5, 0.6) is 0 Å². The van der Waals surface area contributed by atoms with E-state index in [2.05, 4.69) is 9.82 Å². The summed E-state index contributed by atoms with van der Waals surface area (Å²) < 4.78 is 42.7. The number of hydrogen-bond donors (Lipinski definition) is 1. The first-order valence-electron chi connectivity index (χ1n) is 7.28. The molecule has 2 aromatic heterocycles. The van der Waals surface area contributed by atoms with Crippen molar-refractivity contribution in [3.63, 3.8) is 0 Å². The van der Waals surface area contributed by atoms with Crippen LogP contribution in [0.15, 0.2) is 52.9 Å². The summed E-state index contributed by atoms with van der Waals surface area (Å²) >= 11 is 1.42. The third kappa shape index (κ3) is 3.34. The van der Waals surface area contributed by atoms with E-state index in [0.717, 1.165) is 4.88 Å². The van der Waals surface area contributed by atoms with Crippen LogP contribution >= 0.6 is 11.3 Å². The van der Waals surface area contributed by atoms with E-state index in [1.165, 1.54) is 41.8 Å². The number of aromatic nitrogens is 2. The normalized spacial score (nSPS) is 11.8. The molecular formula is C16H16FN3O2S2. The quantitative estimate of drug-likeness (QED) is 0.739. The van der Waals surface area contributed by atoms with Crippen molar-refractivity contribution >= 4 is 27.0 Å². The maximum absolute atomic E-state index is 13.0. The summed E-state index contributed by atoms with van der Waals surface area (Å²) in [5.41, 5.74) is 0.708. The van der Waals surface area contributed by atoms with Gasteiger partial charge in [-0.1, -0.05) is 6.07 Å². The Labute approximate surface area is 143 Å². The third-order valence-electron chi connectivity index (χ3n) is 3.37. The Morgan fingerprint density at radius 2 is 1.92 bits per heavy atom. The Balaban J connectivity index is 2.04. The molecule has 126 valence electrons. The van der Waals surface area contributed by atoms with Crippen LogP contribution in [-0.2, 0) is 10.0 Å². The standard InChI is InChI=1S/C16H16FN3O2S2/c1-11(2)20-10-15(16(18-20)14-4-3-9-23-14)24(21,22)19-13-7-5-12(17)6-8-13/h3-11,19H,1-2H3. The van der Waals surface area contributed by atoms with Gasteiger partial charge in [-0.15, -0.1) is 11.3 Å². The van der Waals surface area contributed by atoms with E-state index in [1.807, 2.05) is 31.4 Å². The van der Waals surface area contributed by atoms with Crippen LogP contribution in [0.2, 0.25) is 0 Å². The number of nitrogens with zero attached hydrogens (tertiary/aromatic N) is 2. The second-order valence-electron chi connectivity index (χ2n) is 5.51. The highest BCUT2D eigenvalue weighted by atomic mass is 32.2. The molecule has 0 aliphatic rings. The molecule has 0 unspecified atom stereocenters. The monoisotopic (exact) mass is 365 g/mol. The van der Waals surface area contributed by atoms with Gasteiger partial charge in [0.05, 0.1) is 4.88 Å². The van der Waals surface area contributed by atoms with Crippen molar-refractivity contribution < 1.29 is 12.8 Å². The number of rotatable bonds is 5. The fourth-order valence-corrected chi connectivity index (χ4v) is 4.14. The Morgan fingerprint density at radius 1 is 1.21 bits per heavy atom. The van der Waals surface area contributed by atoms with Crippen LogP contribution in [0.4, 0.5) is 10.1 Å². The van der Waals surface area contributed by atoms with Crippen molar-refractivity contribution in [2.45, 2.75) is 24.8 Å². The predicted octanol–water partition coefficient (Wildman–Crippen LogP) is 4.13. The molecule has 3 aromatic rings. The molecule has 0 saturated carbocycles. The zero-order valence-corrected chi connectivity index (χ0v) is 14.7. The van der Waals surface area contributed by atoms with Crippen molar-refractivity contribution in [2.24, 2.45) is 0 Å². The first-order valence-corrected chi connectivity index (χ1v) is 9.64. The minimum atomic E-state index is -3.84. The summed E-state index contributed by atoms with van der Waals surface area (Å²) in [6.07, 6.45) is 1.52. The zero-order chi connectivity index (χ0) is 17.3. The maximum atomic E-state index is 13.0. The van der Waals surface area contributed by atoms with E-state index in [9.17, 15) is 12.8 Å². The van der Waals surface area contributed by atoms with Gasteiger partial charge in [-0.05, 0) is 49.6 Å². The fraction of sp³-hybridized carbons (Fsp3) is 0.188. The molecule has 0 bridgehead atoms. The Hall–Kier alpha value is -2.19. The van der Waals surface area contributed by atoms with Crippen LogP contribution in [0.3, 0.4) is 0 Å². The molecular weight excluding hydrogens is 349 g/mol. The summed E-state index contributed by atoms with van der Waals surface area (Å²) in [6, 6.07) is 8.87. The first-order chi connectivity index (χ1) is 11.4. The average molecular weight is 365 g/mol. The second-order valence-corrected chi connectivity index (χ2v) is 8.10. The highest BCUT2D eigenvalue weighted by Crippen LogP contribution is 2.31. The van der Waals surface area contributed by atoms with Crippen LogP contribution in [0.1, 0.15) is 19.9 Å². The lowest BCUT2D eigenvalue weighted by molar-refractivity contribution is 0.532. The first kappa shape index (κ1) is 16.7. The number of nitrogens with one attached hydrogen (secondary N) is 1. The summed E-state index contributed by atoms with van der Waals surface area (Å²) in [7, 11) is -3.84. The lowest BCUT2D eigenvalue weighted by atomic mass is 10.3. The van der Waals surface area contributed by atoms with Crippen LogP contribution < -0.4 is 4.72 Å². The van der Waals surface area contributed by atoms with Gasteiger partial charge >= 0.3 is 0 Å². The number of thiophene rings is 1. The van der Waals surface area contributed by atoms with Gasteiger partial charge < -0.3 is 0 Å². The highest BCUT2D eigenvalue weighted by molar-refractivity contribution is 7.92. The van der Waals surface area contributed by atoms with E-state index in [4.69, 9.17) is 0 Å². The Kier molecular flexibility index (Phi) is 4.42. The van der Waals surface area contributed by atoms with Gasteiger partial charge in [0.1, 0.15) is 16.4 Å². The lowest BCUT2D eigenvalue weighted by Crippen LogP contribution is -2.13. The molecule has 0 spiro atoms. The van der Waals surface area contributed by atoms with Crippen LogP contribution in [0, 0.1) is 5.82 Å². The van der Waals surface area contributed by atoms with E-state index in [-0.39, 0.29) is 10.9 Å². The SMILES string of the molecule is CC(C)n1cc(S(=O)(=O)Nc2ccc(F)cc2)c(-c2cccs2)n1. The predicted molar refractivity (Wildman–Crippen MR) is 93.1 cm³/mol. The summed E-state index contributed by atoms with van der Waals surface area (Å²) in [6.45, 7) is 3.85. The molecule has 0 aliphatic carbocycles. The molecule has 0 amide bonds. The molecule has 24 heavy (non-hydrogen) atoms. The molecule has 1 N–H and O–H groups in total. The smallest absolute Gasteiger partial charge is 0.265 e. The van der Waals surface area contributed by atoms with Crippen molar-refractivity contribution in [1.29, 1.82) is 0 Å². The van der Waals surface area contributed by atoms with Crippen LogP contribution in [0.25, 0.3) is 10.6 Å². The van der Waals surface area contributed by atoms with Crippen molar-refractivity contribution in [3.8, 4) is 10.6 Å². The molecule has 2 heterocycles. The second kappa shape index (κ2) is 6.37. The number of sulfonamides is 1. The zero-order valence-electron chi connectivity index (χ0n) is 13.1. The van der Waals surface area contributed by atoms with Gasteiger partial charge in [0.15, 0.2) is 0 Å². The number of anilines is 1. The summed E-state index contributed by atoms with van der Waals surface area (Å²) in [5.74, 6) is -0.426. The molecule has 1 aromatic carbocycles. The van der Waals surface area contributed by atoms with Crippen LogP contribution in [-0.4, -0.2) is 18.2 Å². The van der Waals surface area contributed by atoms with Gasteiger partial charge in [-0.3, -0.25) is 9.40 Å². The van der Waals surface area contributed by atoms with Crippen molar-refractivity contribution in [2.75, 3.05) is 4.72 Å². The topological polar surface area (TPSA) is 64.0 Å². The number of hydrogen-bond acceptors (Lipinski definition) is 4.